The second kappa shape index (κ2) is 15.9. The lowest BCUT2D eigenvalue weighted by Gasteiger charge is -2.36. The highest BCUT2D eigenvalue weighted by Gasteiger charge is 2.31. The number of aliphatic hydroxyl groups is 1. The van der Waals surface area contributed by atoms with E-state index in [1.807, 2.05) is 26.1 Å². The van der Waals surface area contributed by atoms with Crippen LogP contribution in [0.3, 0.4) is 0 Å². The van der Waals surface area contributed by atoms with Gasteiger partial charge in [-0.2, -0.15) is 0 Å². The van der Waals surface area contributed by atoms with E-state index in [9.17, 15) is 18.3 Å². The molecule has 4 atom stereocenters. The Labute approximate surface area is 272 Å². The number of nitrogens with zero attached hydrogens (tertiary/aromatic N) is 4. The van der Waals surface area contributed by atoms with E-state index in [4.69, 9.17) is 14.0 Å². The molecule has 1 amide bonds. The number of benzene rings is 1. The maximum Gasteiger partial charge on any atom is 0.267 e. The van der Waals surface area contributed by atoms with Crippen LogP contribution < -0.4 is 9.46 Å². The van der Waals surface area contributed by atoms with E-state index in [2.05, 4.69) is 26.7 Å². The third-order valence-electron chi connectivity index (χ3n) is 8.23. The molecule has 0 unspecified atom stereocenters. The van der Waals surface area contributed by atoms with Gasteiger partial charge in [0, 0.05) is 50.2 Å². The van der Waals surface area contributed by atoms with Crippen LogP contribution in [0.15, 0.2) is 52.1 Å². The van der Waals surface area contributed by atoms with Crippen LogP contribution in [0.4, 0.5) is 5.69 Å². The van der Waals surface area contributed by atoms with Gasteiger partial charge in [-0.3, -0.25) is 19.4 Å². The van der Waals surface area contributed by atoms with Crippen molar-refractivity contribution in [2.45, 2.75) is 83.6 Å². The van der Waals surface area contributed by atoms with E-state index in [0.29, 0.717) is 25.4 Å². The lowest BCUT2D eigenvalue weighted by molar-refractivity contribution is -0.0177. The summed E-state index contributed by atoms with van der Waals surface area (Å²) < 4.78 is 46.9. The molecule has 0 fully saturated rings. The van der Waals surface area contributed by atoms with Gasteiger partial charge in [0.15, 0.2) is 10.7 Å². The van der Waals surface area contributed by atoms with Crippen molar-refractivity contribution in [3.8, 4) is 5.75 Å². The minimum Gasteiger partial charge on any atom is -0.490 e. The van der Waals surface area contributed by atoms with E-state index in [1.54, 1.807) is 43.3 Å². The molecular formula is C33H47N5O7S. The average molecular weight is 658 g/mol. The van der Waals surface area contributed by atoms with Gasteiger partial charge in [-0.1, -0.05) is 12.1 Å². The number of hydrogen-bond acceptors (Lipinski definition) is 10. The Balaban J connectivity index is 1.66. The average Bonchev–Trinajstić information content (AvgIpc) is 3.37. The molecule has 252 valence electrons. The molecule has 1 aromatic carbocycles. The smallest absolute Gasteiger partial charge is 0.267 e. The summed E-state index contributed by atoms with van der Waals surface area (Å²) in [4.78, 5) is 22.2. The summed E-state index contributed by atoms with van der Waals surface area (Å²) in [5, 5.41) is 14.0. The Bertz CT molecular complexity index is 1530. The molecule has 0 spiro atoms. The fraction of sp³-hybridized carbons (Fsp3) is 0.545. The van der Waals surface area contributed by atoms with Crippen molar-refractivity contribution < 1.29 is 32.3 Å². The van der Waals surface area contributed by atoms with Gasteiger partial charge in [0.1, 0.15) is 11.4 Å². The molecule has 3 aromatic rings. The molecule has 0 radical (unpaired) electrons. The first-order valence-corrected chi connectivity index (χ1v) is 17.2. The first-order chi connectivity index (χ1) is 21.9. The molecule has 0 saturated carbocycles. The van der Waals surface area contributed by atoms with E-state index in [1.165, 1.54) is 13.0 Å². The number of pyridine rings is 1. The van der Waals surface area contributed by atoms with Crippen molar-refractivity contribution >= 4 is 21.6 Å². The minimum absolute atomic E-state index is 0.0481. The van der Waals surface area contributed by atoms with Crippen LogP contribution in [0.5, 0.6) is 5.75 Å². The number of fused-ring (bicyclic) bond motifs is 1. The lowest BCUT2D eigenvalue weighted by atomic mass is 10.0. The fourth-order valence-electron chi connectivity index (χ4n) is 5.68. The normalized spacial score (nSPS) is 20.9. The maximum absolute atomic E-state index is 14.4. The second-order valence-corrected chi connectivity index (χ2v) is 13.9. The zero-order valence-electron chi connectivity index (χ0n) is 27.6. The van der Waals surface area contributed by atoms with Gasteiger partial charge < -0.3 is 24.0 Å². The molecule has 0 bridgehead atoms. The topological polar surface area (TPSA) is 147 Å². The van der Waals surface area contributed by atoms with Crippen molar-refractivity contribution in [1.82, 2.24) is 19.9 Å². The zero-order chi connectivity index (χ0) is 33.4. The van der Waals surface area contributed by atoms with Crippen molar-refractivity contribution in [2.75, 3.05) is 38.1 Å². The van der Waals surface area contributed by atoms with Gasteiger partial charge in [-0.25, -0.2) is 8.42 Å². The van der Waals surface area contributed by atoms with Gasteiger partial charge >= 0.3 is 0 Å². The van der Waals surface area contributed by atoms with Crippen LogP contribution >= 0.6 is 0 Å². The van der Waals surface area contributed by atoms with E-state index in [0.717, 1.165) is 31.4 Å². The summed E-state index contributed by atoms with van der Waals surface area (Å²) in [5.41, 5.74) is 1.76. The number of hydrogen-bond donors (Lipinski definition) is 2. The van der Waals surface area contributed by atoms with Gasteiger partial charge in [0.25, 0.3) is 15.9 Å². The van der Waals surface area contributed by atoms with Crippen LogP contribution in [0.25, 0.3) is 0 Å². The Kier molecular flexibility index (Phi) is 12.2. The molecule has 3 heterocycles. The van der Waals surface area contributed by atoms with E-state index >= 15 is 0 Å². The second-order valence-electron chi connectivity index (χ2n) is 12.3. The SMILES string of the molecule is Cc1noc(C)c1S(=O)(=O)Nc1ccc2c(c1)C(=O)N([C@H](C)CO)C[C@H](C)[C@@H](CN(C)Cc1ccncc1)OCCCC[C@H](C)O2. The quantitative estimate of drug-likeness (QED) is 0.339. The number of nitrogens with one attached hydrogen (secondary N) is 1. The number of amides is 1. The third kappa shape index (κ3) is 9.05. The number of carbonyl (C=O) groups excluding carboxylic acids is 1. The van der Waals surface area contributed by atoms with Crippen LogP contribution in [0.2, 0.25) is 0 Å². The van der Waals surface area contributed by atoms with Gasteiger partial charge in [0.05, 0.1) is 30.4 Å². The molecule has 46 heavy (non-hydrogen) atoms. The molecule has 13 heteroatoms. The first-order valence-electron chi connectivity index (χ1n) is 15.8. The summed E-state index contributed by atoms with van der Waals surface area (Å²) >= 11 is 0. The number of carbonyl (C=O) groups is 1. The molecule has 0 saturated heterocycles. The van der Waals surface area contributed by atoms with Crippen molar-refractivity contribution in [2.24, 2.45) is 5.92 Å². The van der Waals surface area contributed by atoms with E-state index < -0.39 is 16.1 Å². The van der Waals surface area contributed by atoms with Crippen LogP contribution in [0, 0.1) is 19.8 Å². The number of rotatable bonds is 9. The molecule has 2 aromatic heterocycles. The van der Waals surface area contributed by atoms with Crippen LogP contribution in [-0.2, 0) is 21.3 Å². The summed E-state index contributed by atoms with van der Waals surface area (Å²) in [5.74, 6) is 0.0411. The van der Waals surface area contributed by atoms with Crippen molar-refractivity contribution in [3.05, 3.63) is 65.3 Å². The van der Waals surface area contributed by atoms with Gasteiger partial charge in [0.2, 0.25) is 0 Å². The number of aliphatic hydroxyl groups excluding tert-OH is 1. The lowest BCUT2D eigenvalue weighted by Crippen LogP contribution is -2.47. The van der Waals surface area contributed by atoms with Crippen molar-refractivity contribution in [3.63, 3.8) is 0 Å². The van der Waals surface area contributed by atoms with Crippen LogP contribution in [-0.4, -0.2) is 91.0 Å². The number of sulfonamides is 1. The zero-order valence-corrected chi connectivity index (χ0v) is 28.4. The van der Waals surface area contributed by atoms with Crippen LogP contribution in [0.1, 0.15) is 67.4 Å². The number of ether oxygens (including phenoxy) is 2. The fourth-order valence-corrected chi connectivity index (χ4v) is 7.07. The Morgan fingerprint density at radius 3 is 2.57 bits per heavy atom. The Morgan fingerprint density at radius 2 is 1.89 bits per heavy atom. The Hall–Kier alpha value is -3.52. The first kappa shape index (κ1) is 35.3. The predicted molar refractivity (Wildman–Crippen MR) is 174 cm³/mol. The molecule has 1 aliphatic heterocycles. The molecule has 12 nitrogen and oxygen atoms in total. The number of anilines is 1. The number of likely N-dealkylation sites (N-methyl/N-ethyl adjacent to an activating group) is 1. The summed E-state index contributed by atoms with van der Waals surface area (Å²) in [6.45, 7) is 10.9. The highest BCUT2D eigenvalue weighted by molar-refractivity contribution is 7.92. The maximum atomic E-state index is 14.4. The summed E-state index contributed by atoms with van der Waals surface area (Å²) in [6, 6.07) is 8.13. The van der Waals surface area contributed by atoms with Gasteiger partial charge in [-0.15, -0.1) is 0 Å². The molecular weight excluding hydrogens is 610 g/mol. The number of aromatic nitrogens is 2. The monoisotopic (exact) mass is 657 g/mol. The largest absolute Gasteiger partial charge is 0.490 e. The summed E-state index contributed by atoms with van der Waals surface area (Å²) in [6.07, 6.45) is 5.65. The third-order valence-corrected chi connectivity index (χ3v) is 9.86. The molecule has 0 aliphatic carbocycles. The molecule has 2 N–H and O–H groups in total. The van der Waals surface area contributed by atoms with E-state index in [-0.39, 0.29) is 58.2 Å². The highest BCUT2D eigenvalue weighted by atomic mass is 32.2. The highest BCUT2D eigenvalue weighted by Crippen LogP contribution is 2.30. The minimum atomic E-state index is -4.06. The number of aryl methyl sites for hydroxylation is 2. The standard InChI is InChI=1S/C33H47N5O7S/c1-22-18-38(23(2)21-39)33(40)29-17-28(36-46(41,42)32-25(4)35-45-26(32)5)10-11-30(29)44-24(3)9-7-8-16-43-31(22)20-37(6)19-27-12-14-34-15-13-27/h10-15,17,22-24,31,36,39H,7-9,16,18-21H2,1-6H3/t22-,23+,24-,31+/m0/s1. The Morgan fingerprint density at radius 1 is 1.15 bits per heavy atom. The molecule has 1 aliphatic rings. The molecule has 4 rings (SSSR count). The van der Waals surface area contributed by atoms with Crippen molar-refractivity contribution in [1.29, 1.82) is 0 Å². The predicted octanol–water partition coefficient (Wildman–Crippen LogP) is 4.41. The van der Waals surface area contributed by atoms with Gasteiger partial charge in [-0.05, 0) is 89.9 Å². The summed E-state index contributed by atoms with van der Waals surface area (Å²) in [7, 11) is -2.01.